The molecule has 0 fully saturated rings. The fraction of sp³-hybridized carbons (Fsp3) is 0.519. The first kappa shape index (κ1) is 31.8. The second-order valence-corrected chi connectivity index (χ2v) is 8.23. The van der Waals surface area contributed by atoms with E-state index in [4.69, 9.17) is 5.11 Å². The first-order chi connectivity index (χ1) is 15.2. The quantitative estimate of drug-likeness (QED) is 0.517. The number of carbonyl (C=O) groups is 1. The number of carbonyl (C=O) groups excluding carboxylic acids is 1. The first-order valence-electron chi connectivity index (χ1n) is 11.5. The maximum atomic E-state index is 10.3. The summed E-state index contributed by atoms with van der Waals surface area (Å²) in [5.41, 5.74) is 7.79. The fourth-order valence-corrected chi connectivity index (χ4v) is 2.40. The highest BCUT2D eigenvalue weighted by atomic mass is 16.3. The molecule has 0 unspecified atom stereocenters. The zero-order valence-corrected chi connectivity index (χ0v) is 21.6. The van der Waals surface area contributed by atoms with Gasteiger partial charge in [0.2, 0.25) is 6.41 Å². The largest absolute Gasteiger partial charge is 0.508 e. The van der Waals surface area contributed by atoms with Crippen molar-refractivity contribution in [1.82, 2.24) is 4.90 Å². The zero-order chi connectivity index (χ0) is 24.9. The molecule has 2 rings (SSSR count). The van der Waals surface area contributed by atoms with Crippen LogP contribution in [0, 0.1) is 19.8 Å². The van der Waals surface area contributed by atoms with Crippen molar-refractivity contribution in [1.29, 1.82) is 0 Å². The van der Waals surface area contributed by atoms with E-state index < -0.39 is 0 Å². The van der Waals surface area contributed by atoms with Crippen LogP contribution in [0.3, 0.4) is 0 Å². The molecule has 1 amide bonds. The van der Waals surface area contributed by atoms with Gasteiger partial charge in [-0.15, -0.1) is 0 Å². The number of phenols is 1. The van der Waals surface area contributed by atoms with Crippen LogP contribution in [0.4, 0.5) is 5.69 Å². The number of nitrogens with two attached hydrogens (primary N) is 1. The topological polar surface area (TPSA) is 69.8 Å². The Hall–Kier alpha value is -2.37. The van der Waals surface area contributed by atoms with Crippen LogP contribution in [0.15, 0.2) is 48.5 Å². The molecule has 0 saturated heterocycles. The Balaban J connectivity index is 0. The standard InChI is InChI=1S/C10H23N.C9H11NO.C7H8O.CH5N/c1-5-6-8-11(4)9-7-10(2)3;1-8-3-5-9(6-4-8)10(2)7-11;1-6-2-4-7(8)5-3-6;1-2/h10H,5-9H2,1-4H3;3-7H,1-2H3;2-5,8H,1H3;2H2,1H3. The van der Waals surface area contributed by atoms with E-state index in [9.17, 15) is 4.79 Å². The van der Waals surface area contributed by atoms with Gasteiger partial charge in [-0.1, -0.05) is 62.6 Å². The lowest BCUT2D eigenvalue weighted by atomic mass is 10.1. The van der Waals surface area contributed by atoms with E-state index in [0.717, 1.165) is 18.0 Å². The molecule has 2 aromatic rings. The molecule has 0 spiro atoms. The summed E-state index contributed by atoms with van der Waals surface area (Å²) in [4.78, 5) is 14.3. The lowest BCUT2D eigenvalue weighted by Crippen LogP contribution is -2.21. The molecule has 0 heterocycles. The highest BCUT2D eigenvalue weighted by Crippen LogP contribution is 2.11. The van der Waals surface area contributed by atoms with Gasteiger partial charge in [-0.25, -0.2) is 0 Å². The highest BCUT2D eigenvalue weighted by Gasteiger charge is 1.98. The van der Waals surface area contributed by atoms with Crippen LogP contribution in [-0.2, 0) is 4.79 Å². The number of rotatable bonds is 8. The molecule has 0 aliphatic rings. The molecular weight excluding hydrogens is 398 g/mol. The number of benzene rings is 2. The average molecular weight is 446 g/mol. The van der Waals surface area contributed by atoms with Crippen molar-refractivity contribution in [2.75, 3.05) is 39.1 Å². The third kappa shape index (κ3) is 18.4. The average Bonchev–Trinajstić information content (AvgIpc) is 2.80. The molecule has 32 heavy (non-hydrogen) atoms. The molecule has 0 aliphatic carbocycles. The molecule has 2 aromatic carbocycles. The molecule has 0 atom stereocenters. The van der Waals surface area contributed by atoms with Crippen LogP contribution in [0.5, 0.6) is 5.75 Å². The maximum Gasteiger partial charge on any atom is 0.213 e. The van der Waals surface area contributed by atoms with Gasteiger partial charge in [0.25, 0.3) is 0 Å². The third-order valence-corrected chi connectivity index (χ3v) is 4.61. The summed E-state index contributed by atoms with van der Waals surface area (Å²) < 4.78 is 0. The molecule has 0 aromatic heterocycles. The normalized spacial score (nSPS) is 9.59. The Morgan fingerprint density at radius 2 is 1.38 bits per heavy atom. The number of unbranched alkanes of at least 4 members (excludes halogenated alkanes) is 1. The minimum atomic E-state index is 0.329. The van der Waals surface area contributed by atoms with E-state index >= 15 is 0 Å². The smallest absolute Gasteiger partial charge is 0.213 e. The summed E-state index contributed by atoms with van der Waals surface area (Å²) in [6, 6.07) is 14.9. The minimum absolute atomic E-state index is 0.329. The monoisotopic (exact) mass is 445 g/mol. The van der Waals surface area contributed by atoms with Crippen LogP contribution in [-0.4, -0.2) is 50.6 Å². The van der Waals surface area contributed by atoms with Crippen molar-refractivity contribution < 1.29 is 9.90 Å². The van der Waals surface area contributed by atoms with Gasteiger partial charge in [0.1, 0.15) is 5.75 Å². The number of amides is 1. The molecule has 5 nitrogen and oxygen atoms in total. The van der Waals surface area contributed by atoms with Gasteiger partial charge in [-0.2, -0.15) is 0 Å². The molecular formula is C27H47N3O2. The summed E-state index contributed by atoms with van der Waals surface area (Å²) in [5.74, 6) is 1.18. The summed E-state index contributed by atoms with van der Waals surface area (Å²) in [7, 11) is 5.45. The number of phenolic OH excluding ortho intramolecular Hbond substituents is 1. The van der Waals surface area contributed by atoms with Crippen LogP contribution < -0.4 is 10.6 Å². The SMILES string of the molecule is CCCCN(C)CCC(C)C.CN.Cc1ccc(N(C)C=O)cc1.Cc1ccc(O)cc1. The van der Waals surface area contributed by atoms with Crippen molar-refractivity contribution in [3.8, 4) is 5.75 Å². The van der Waals surface area contributed by atoms with E-state index in [-0.39, 0.29) is 0 Å². The maximum absolute atomic E-state index is 10.3. The van der Waals surface area contributed by atoms with Crippen molar-refractivity contribution >= 4 is 12.1 Å². The number of aromatic hydroxyl groups is 1. The van der Waals surface area contributed by atoms with Gasteiger partial charge in [-0.3, -0.25) is 4.79 Å². The van der Waals surface area contributed by atoms with Gasteiger partial charge in [0.15, 0.2) is 0 Å². The number of hydrogen-bond donors (Lipinski definition) is 2. The van der Waals surface area contributed by atoms with Crippen molar-refractivity contribution in [2.45, 2.75) is 53.9 Å². The number of anilines is 1. The van der Waals surface area contributed by atoms with Gasteiger partial charge in [0, 0.05) is 12.7 Å². The summed E-state index contributed by atoms with van der Waals surface area (Å²) in [6.45, 7) is 13.3. The second-order valence-electron chi connectivity index (χ2n) is 8.23. The highest BCUT2D eigenvalue weighted by molar-refractivity contribution is 5.73. The molecule has 0 saturated carbocycles. The van der Waals surface area contributed by atoms with Gasteiger partial charge < -0.3 is 20.6 Å². The second kappa shape index (κ2) is 20.5. The molecule has 0 bridgehead atoms. The number of aryl methyl sites for hydroxylation is 2. The Bertz CT molecular complexity index is 649. The predicted octanol–water partition coefficient (Wildman–Crippen LogP) is 5.63. The summed E-state index contributed by atoms with van der Waals surface area (Å²) in [5, 5.41) is 8.76. The number of hydrogen-bond acceptors (Lipinski definition) is 4. The van der Waals surface area contributed by atoms with Gasteiger partial charge >= 0.3 is 0 Å². The van der Waals surface area contributed by atoms with E-state index in [1.807, 2.05) is 50.2 Å². The Morgan fingerprint density at radius 1 is 0.906 bits per heavy atom. The molecule has 3 N–H and O–H groups in total. The van der Waals surface area contributed by atoms with E-state index in [1.165, 1.54) is 50.5 Å². The fourth-order valence-electron chi connectivity index (χ4n) is 2.40. The molecule has 182 valence electrons. The Morgan fingerprint density at radius 3 is 1.75 bits per heavy atom. The van der Waals surface area contributed by atoms with Gasteiger partial charge in [0.05, 0.1) is 0 Å². The molecule has 5 heteroatoms. The van der Waals surface area contributed by atoms with Gasteiger partial charge in [-0.05, 0) is 84.1 Å². The van der Waals surface area contributed by atoms with E-state index in [0.29, 0.717) is 5.75 Å². The molecule has 0 aliphatic heterocycles. The van der Waals surface area contributed by atoms with Crippen LogP contribution >= 0.6 is 0 Å². The zero-order valence-electron chi connectivity index (χ0n) is 21.6. The predicted molar refractivity (Wildman–Crippen MR) is 140 cm³/mol. The van der Waals surface area contributed by atoms with Crippen molar-refractivity contribution in [3.63, 3.8) is 0 Å². The first-order valence-corrected chi connectivity index (χ1v) is 11.5. The van der Waals surface area contributed by atoms with Crippen molar-refractivity contribution in [3.05, 3.63) is 59.7 Å². The van der Waals surface area contributed by atoms with Crippen LogP contribution in [0.25, 0.3) is 0 Å². The van der Waals surface area contributed by atoms with E-state index in [1.54, 1.807) is 24.1 Å². The Labute approximate surface area is 197 Å². The number of nitrogens with zero attached hydrogens (tertiary/aromatic N) is 2. The summed E-state index contributed by atoms with van der Waals surface area (Å²) in [6.07, 6.45) is 4.78. The minimum Gasteiger partial charge on any atom is -0.508 e. The lowest BCUT2D eigenvalue weighted by molar-refractivity contribution is -0.107. The lowest BCUT2D eigenvalue weighted by Gasteiger charge is -2.16. The Kier molecular flexibility index (Phi) is 20.4. The van der Waals surface area contributed by atoms with Crippen LogP contribution in [0.1, 0.15) is 51.2 Å². The van der Waals surface area contributed by atoms with Crippen molar-refractivity contribution in [2.24, 2.45) is 11.7 Å². The van der Waals surface area contributed by atoms with E-state index in [2.05, 4.69) is 38.5 Å². The van der Waals surface area contributed by atoms with Crippen LogP contribution in [0.2, 0.25) is 0 Å². The molecule has 0 radical (unpaired) electrons. The summed E-state index contributed by atoms with van der Waals surface area (Å²) >= 11 is 0. The third-order valence-electron chi connectivity index (χ3n) is 4.61.